The van der Waals surface area contributed by atoms with Crippen LogP contribution in [0.5, 0.6) is 11.5 Å². The molecule has 0 fully saturated rings. The smallest absolute Gasteiger partial charge is 0.119 e. The monoisotopic (exact) mass is 299 g/mol. The quantitative estimate of drug-likeness (QED) is 0.670. The summed E-state index contributed by atoms with van der Waals surface area (Å²) < 4.78 is 11.1. The van der Waals surface area contributed by atoms with Crippen molar-refractivity contribution in [3.05, 3.63) is 54.1 Å². The van der Waals surface area contributed by atoms with Crippen molar-refractivity contribution >= 4 is 5.69 Å². The molecule has 2 aromatic carbocycles. The molecule has 0 saturated heterocycles. The SMILES string of the molecule is CCCCOc1ccc(CNc2ccc(OCC)cc2)cc1. The van der Waals surface area contributed by atoms with Gasteiger partial charge in [0.05, 0.1) is 13.2 Å². The molecule has 22 heavy (non-hydrogen) atoms. The molecule has 0 aliphatic heterocycles. The average Bonchev–Trinajstić information content (AvgIpc) is 2.56. The van der Waals surface area contributed by atoms with E-state index in [1.807, 2.05) is 43.3 Å². The number of unbranched alkanes of at least 4 members (excludes halogenated alkanes) is 1. The summed E-state index contributed by atoms with van der Waals surface area (Å²) in [5.41, 5.74) is 2.32. The van der Waals surface area contributed by atoms with E-state index in [4.69, 9.17) is 9.47 Å². The number of hydrogen-bond acceptors (Lipinski definition) is 3. The highest BCUT2D eigenvalue weighted by Gasteiger charge is 1.98. The highest BCUT2D eigenvalue weighted by molar-refractivity contribution is 5.47. The molecule has 0 atom stereocenters. The fraction of sp³-hybridized carbons (Fsp3) is 0.368. The van der Waals surface area contributed by atoms with E-state index in [-0.39, 0.29) is 0 Å². The van der Waals surface area contributed by atoms with Gasteiger partial charge in [-0.25, -0.2) is 0 Å². The number of ether oxygens (including phenoxy) is 2. The second kappa shape index (κ2) is 8.98. The largest absolute Gasteiger partial charge is 0.494 e. The number of rotatable bonds is 9. The van der Waals surface area contributed by atoms with Crippen molar-refractivity contribution in [3.8, 4) is 11.5 Å². The van der Waals surface area contributed by atoms with E-state index in [0.717, 1.165) is 43.2 Å². The number of anilines is 1. The first kappa shape index (κ1) is 16.2. The summed E-state index contributed by atoms with van der Waals surface area (Å²) in [5, 5.41) is 3.41. The Balaban J connectivity index is 1.80. The molecule has 0 bridgehead atoms. The van der Waals surface area contributed by atoms with Crippen molar-refractivity contribution in [1.29, 1.82) is 0 Å². The van der Waals surface area contributed by atoms with Gasteiger partial charge in [-0.2, -0.15) is 0 Å². The van der Waals surface area contributed by atoms with Crippen LogP contribution in [0.4, 0.5) is 5.69 Å². The molecule has 0 aromatic heterocycles. The fourth-order valence-electron chi connectivity index (χ4n) is 2.08. The molecule has 3 nitrogen and oxygen atoms in total. The van der Waals surface area contributed by atoms with Gasteiger partial charge in [-0.15, -0.1) is 0 Å². The maximum atomic E-state index is 5.67. The Labute approximate surface area is 133 Å². The molecule has 0 spiro atoms. The zero-order valence-corrected chi connectivity index (χ0v) is 13.5. The van der Waals surface area contributed by atoms with Gasteiger partial charge in [0, 0.05) is 12.2 Å². The van der Waals surface area contributed by atoms with E-state index < -0.39 is 0 Å². The van der Waals surface area contributed by atoms with Gasteiger partial charge >= 0.3 is 0 Å². The Bertz CT molecular complexity index is 534. The first-order valence-corrected chi connectivity index (χ1v) is 8.00. The molecule has 0 unspecified atom stereocenters. The average molecular weight is 299 g/mol. The molecule has 3 heteroatoms. The predicted molar refractivity (Wildman–Crippen MR) is 91.8 cm³/mol. The lowest BCUT2D eigenvalue weighted by molar-refractivity contribution is 0.309. The second-order valence-corrected chi connectivity index (χ2v) is 5.16. The highest BCUT2D eigenvalue weighted by Crippen LogP contribution is 2.17. The minimum absolute atomic E-state index is 0.694. The number of nitrogens with one attached hydrogen (secondary N) is 1. The minimum Gasteiger partial charge on any atom is -0.494 e. The highest BCUT2D eigenvalue weighted by atomic mass is 16.5. The summed E-state index contributed by atoms with van der Waals surface area (Å²) in [5.74, 6) is 1.85. The van der Waals surface area contributed by atoms with Crippen molar-refractivity contribution in [1.82, 2.24) is 0 Å². The third-order valence-corrected chi connectivity index (χ3v) is 3.35. The summed E-state index contributed by atoms with van der Waals surface area (Å²) in [7, 11) is 0. The van der Waals surface area contributed by atoms with Gasteiger partial charge in [-0.3, -0.25) is 0 Å². The van der Waals surface area contributed by atoms with Crippen LogP contribution in [0.1, 0.15) is 32.3 Å². The molecule has 0 saturated carbocycles. The van der Waals surface area contributed by atoms with Crippen molar-refractivity contribution in [3.63, 3.8) is 0 Å². The van der Waals surface area contributed by atoms with Gasteiger partial charge in [0.15, 0.2) is 0 Å². The molecule has 0 amide bonds. The molecule has 1 N–H and O–H groups in total. The van der Waals surface area contributed by atoms with E-state index in [9.17, 15) is 0 Å². The van der Waals surface area contributed by atoms with E-state index in [2.05, 4.69) is 24.4 Å². The van der Waals surface area contributed by atoms with Gasteiger partial charge in [0.2, 0.25) is 0 Å². The van der Waals surface area contributed by atoms with Crippen LogP contribution < -0.4 is 14.8 Å². The molecule has 2 aromatic rings. The van der Waals surface area contributed by atoms with Crippen LogP contribution in [0.15, 0.2) is 48.5 Å². The first-order chi connectivity index (χ1) is 10.8. The third-order valence-electron chi connectivity index (χ3n) is 3.35. The van der Waals surface area contributed by atoms with Crippen LogP contribution in [0.3, 0.4) is 0 Å². The van der Waals surface area contributed by atoms with Gasteiger partial charge in [-0.1, -0.05) is 25.5 Å². The molecule has 0 radical (unpaired) electrons. The molecule has 0 heterocycles. The Morgan fingerprint density at radius 3 is 2.09 bits per heavy atom. The van der Waals surface area contributed by atoms with Crippen LogP contribution in [0.25, 0.3) is 0 Å². The maximum Gasteiger partial charge on any atom is 0.119 e. The topological polar surface area (TPSA) is 30.5 Å². The normalized spacial score (nSPS) is 10.3. The standard InChI is InChI=1S/C19H25NO2/c1-3-5-14-22-19-10-6-16(7-11-19)15-20-17-8-12-18(13-9-17)21-4-2/h6-13,20H,3-5,14-15H2,1-2H3. The molecule has 0 aliphatic rings. The molecule has 2 rings (SSSR count). The van der Waals surface area contributed by atoms with Gasteiger partial charge in [0.25, 0.3) is 0 Å². The van der Waals surface area contributed by atoms with Gasteiger partial charge in [0.1, 0.15) is 11.5 Å². The van der Waals surface area contributed by atoms with Crippen LogP contribution in [-0.2, 0) is 6.54 Å². The maximum absolute atomic E-state index is 5.67. The van der Waals surface area contributed by atoms with Gasteiger partial charge in [-0.05, 0) is 55.3 Å². The summed E-state index contributed by atoms with van der Waals surface area (Å²) in [6.45, 7) is 6.43. The van der Waals surface area contributed by atoms with Crippen LogP contribution >= 0.6 is 0 Å². The van der Waals surface area contributed by atoms with E-state index in [1.165, 1.54) is 5.56 Å². The second-order valence-electron chi connectivity index (χ2n) is 5.16. The lowest BCUT2D eigenvalue weighted by Crippen LogP contribution is -2.00. The minimum atomic E-state index is 0.694. The Morgan fingerprint density at radius 2 is 1.45 bits per heavy atom. The van der Waals surface area contributed by atoms with Crippen molar-refractivity contribution in [2.75, 3.05) is 18.5 Å². The zero-order valence-electron chi connectivity index (χ0n) is 13.5. The molecule has 0 aliphatic carbocycles. The zero-order chi connectivity index (χ0) is 15.6. The lowest BCUT2D eigenvalue weighted by atomic mass is 10.2. The summed E-state index contributed by atoms with van der Waals surface area (Å²) >= 11 is 0. The van der Waals surface area contributed by atoms with Crippen molar-refractivity contribution in [2.24, 2.45) is 0 Å². The van der Waals surface area contributed by atoms with E-state index in [1.54, 1.807) is 0 Å². The fourth-order valence-corrected chi connectivity index (χ4v) is 2.08. The van der Waals surface area contributed by atoms with Gasteiger partial charge < -0.3 is 14.8 Å². The van der Waals surface area contributed by atoms with Crippen LogP contribution in [-0.4, -0.2) is 13.2 Å². The Kier molecular flexibility index (Phi) is 6.62. The van der Waals surface area contributed by atoms with Crippen molar-refractivity contribution < 1.29 is 9.47 Å². The molecular formula is C19H25NO2. The number of hydrogen-bond donors (Lipinski definition) is 1. The Hall–Kier alpha value is -2.16. The predicted octanol–water partition coefficient (Wildman–Crippen LogP) is 4.88. The van der Waals surface area contributed by atoms with E-state index in [0.29, 0.717) is 6.61 Å². The third kappa shape index (κ3) is 5.32. The van der Waals surface area contributed by atoms with Crippen molar-refractivity contribution in [2.45, 2.75) is 33.2 Å². The molecule has 118 valence electrons. The summed E-state index contributed by atoms with van der Waals surface area (Å²) in [4.78, 5) is 0. The lowest BCUT2D eigenvalue weighted by Gasteiger charge is -2.09. The Morgan fingerprint density at radius 1 is 0.818 bits per heavy atom. The van der Waals surface area contributed by atoms with E-state index >= 15 is 0 Å². The summed E-state index contributed by atoms with van der Waals surface area (Å²) in [6.07, 6.45) is 2.26. The molecular weight excluding hydrogens is 274 g/mol. The number of benzene rings is 2. The van der Waals surface area contributed by atoms with Crippen LogP contribution in [0.2, 0.25) is 0 Å². The van der Waals surface area contributed by atoms with Crippen LogP contribution in [0, 0.1) is 0 Å². The summed E-state index contributed by atoms with van der Waals surface area (Å²) in [6, 6.07) is 16.3. The first-order valence-electron chi connectivity index (χ1n) is 8.00.